The Labute approximate surface area is 120 Å². The molecule has 112 valence electrons. The second-order valence-corrected chi connectivity index (χ2v) is 5.47. The summed E-state index contributed by atoms with van der Waals surface area (Å²) in [5, 5.41) is 0. The summed E-state index contributed by atoms with van der Waals surface area (Å²) >= 11 is 0. The molecule has 1 atom stereocenters. The van der Waals surface area contributed by atoms with Gasteiger partial charge in [-0.25, -0.2) is 0 Å². The van der Waals surface area contributed by atoms with Gasteiger partial charge in [0.2, 0.25) is 0 Å². The van der Waals surface area contributed by atoms with Gasteiger partial charge in [-0.1, -0.05) is 0 Å². The van der Waals surface area contributed by atoms with Crippen molar-refractivity contribution in [1.29, 1.82) is 0 Å². The predicted molar refractivity (Wildman–Crippen MR) is 76.4 cm³/mol. The molecule has 1 fully saturated rings. The maximum Gasteiger partial charge on any atom is 0.306 e. The van der Waals surface area contributed by atoms with Gasteiger partial charge in [0.1, 0.15) is 5.76 Å². The topological polar surface area (TPSA) is 45.9 Å². The summed E-state index contributed by atoms with van der Waals surface area (Å²) in [7, 11) is 1.44. The number of esters is 1. The lowest BCUT2D eigenvalue weighted by molar-refractivity contribution is -0.141. The zero-order valence-electron chi connectivity index (χ0n) is 12.6. The van der Waals surface area contributed by atoms with Gasteiger partial charge < -0.3 is 9.15 Å². The summed E-state index contributed by atoms with van der Waals surface area (Å²) < 4.78 is 10.2. The number of aryl methyl sites for hydroxylation is 1. The Morgan fingerprint density at radius 3 is 2.90 bits per heavy atom. The minimum Gasteiger partial charge on any atom is -0.469 e. The van der Waals surface area contributed by atoms with Crippen LogP contribution in [-0.4, -0.2) is 55.1 Å². The number of hydrogen-bond acceptors (Lipinski definition) is 5. The molecule has 1 saturated heterocycles. The van der Waals surface area contributed by atoms with E-state index in [9.17, 15) is 4.79 Å². The van der Waals surface area contributed by atoms with Crippen LogP contribution in [0.4, 0.5) is 0 Å². The molecule has 0 aliphatic carbocycles. The van der Waals surface area contributed by atoms with Crippen LogP contribution in [0.25, 0.3) is 0 Å². The SMILES string of the molecule is COC(=O)CCN1CCN(Cc2occc2C)[C@H](C)C1. The fourth-order valence-electron chi connectivity index (χ4n) is 2.61. The van der Waals surface area contributed by atoms with E-state index in [2.05, 4.69) is 28.4 Å². The van der Waals surface area contributed by atoms with Crippen LogP contribution in [0.3, 0.4) is 0 Å². The molecule has 0 aromatic carbocycles. The highest BCUT2D eigenvalue weighted by Crippen LogP contribution is 2.17. The number of carbonyl (C=O) groups excluding carboxylic acids is 1. The van der Waals surface area contributed by atoms with Crippen LogP contribution >= 0.6 is 0 Å². The Balaban J connectivity index is 1.80. The van der Waals surface area contributed by atoms with Crippen molar-refractivity contribution in [1.82, 2.24) is 9.80 Å². The summed E-state index contributed by atoms with van der Waals surface area (Å²) in [5.74, 6) is 0.922. The number of methoxy groups -OCH3 is 1. The van der Waals surface area contributed by atoms with E-state index in [1.165, 1.54) is 12.7 Å². The van der Waals surface area contributed by atoms with Gasteiger partial charge in [-0.2, -0.15) is 0 Å². The molecule has 0 bridgehead atoms. The molecule has 5 heteroatoms. The molecular formula is C15H24N2O3. The van der Waals surface area contributed by atoms with Crippen LogP contribution in [-0.2, 0) is 16.1 Å². The van der Waals surface area contributed by atoms with Crippen LogP contribution in [0, 0.1) is 6.92 Å². The smallest absolute Gasteiger partial charge is 0.306 e. The lowest BCUT2D eigenvalue weighted by Gasteiger charge is -2.39. The predicted octanol–water partition coefficient (Wildman–Crippen LogP) is 1.66. The Kier molecular flexibility index (Phi) is 5.20. The third-order valence-electron chi connectivity index (χ3n) is 4.02. The lowest BCUT2D eigenvalue weighted by atomic mass is 10.1. The van der Waals surface area contributed by atoms with Gasteiger partial charge in [0, 0.05) is 32.2 Å². The van der Waals surface area contributed by atoms with Crippen LogP contribution in [0.5, 0.6) is 0 Å². The van der Waals surface area contributed by atoms with Gasteiger partial charge in [0.05, 0.1) is 26.3 Å². The monoisotopic (exact) mass is 280 g/mol. The van der Waals surface area contributed by atoms with E-state index in [4.69, 9.17) is 4.42 Å². The number of furan rings is 1. The van der Waals surface area contributed by atoms with Crippen molar-refractivity contribution in [2.75, 3.05) is 33.3 Å². The third-order valence-corrected chi connectivity index (χ3v) is 4.02. The lowest BCUT2D eigenvalue weighted by Crippen LogP contribution is -2.51. The fourth-order valence-corrected chi connectivity index (χ4v) is 2.61. The number of hydrogen-bond donors (Lipinski definition) is 0. The van der Waals surface area contributed by atoms with E-state index >= 15 is 0 Å². The van der Waals surface area contributed by atoms with Crippen molar-refractivity contribution >= 4 is 5.97 Å². The normalized spacial score (nSPS) is 21.1. The van der Waals surface area contributed by atoms with Crippen molar-refractivity contribution in [2.24, 2.45) is 0 Å². The molecule has 1 aromatic heterocycles. The Morgan fingerprint density at radius 1 is 1.50 bits per heavy atom. The zero-order chi connectivity index (χ0) is 14.5. The zero-order valence-corrected chi connectivity index (χ0v) is 12.6. The van der Waals surface area contributed by atoms with Crippen LogP contribution < -0.4 is 0 Å². The minimum atomic E-state index is -0.133. The van der Waals surface area contributed by atoms with Crippen molar-refractivity contribution in [2.45, 2.75) is 32.9 Å². The molecule has 2 heterocycles. The van der Waals surface area contributed by atoms with Gasteiger partial charge in [0.25, 0.3) is 0 Å². The molecule has 1 aliphatic heterocycles. The average molecular weight is 280 g/mol. The van der Waals surface area contributed by atoms with Gasteiger partial charge in [-0.15, -0.1) is 0 Å². The number of piperazine rings is 1. The molecule has 20 heavy (non-hydrogen) atoms. The fraction of sp³-hybridized carbons (Fsp3) is 0.667. The molecule has 0 spiro atoms. The highest BCUT2D eigenvalue weighted by molar-refractivity contribution is 5.69. The van der Waals surface area contributed by atoms with E-state index in [1.807, 2.05) is 6.07 Å². The number of ether oxygens (including phenoxy) is 1. The maximum atomic E-state index is 11.2. The number of rotatable bonds is 5. The summed E-state index contributed by atoms with van der Waals surface area (Å²) in [4.78, 5) is 15.9. The number of nitrogens with zero attached hydrogens (tertiary/aromatic N) is 2. The summed E-state index contributed by atoms with van der Waals surface area (Å²) in [6.45, 7) is 8.93. The first-order valence-electron chi connectivity index (χ1n) is 7.16. The maximum absolute atomic E-state index is 11.2. The minimum absolute atomic E-state index is 0.133. The first kappa shape index (κ1) is 15.1. The molecule has 0 saturated carbocycles. The van der Waals surface area contributed by atoms with E-state index in [0.29, 0.717) is 12.5 Å². The molecule has 0 amide bonds. The highest BCUT2D eigenvalue weighted by Gasteiger charge is 2.24. The number of carbonyl (C=O) groups is 1. The molecule has 2 rings (SSSR count). The average Bonchev–Trinajstić information content (AvgIpc) is 2.84. The first-order chi connectivity index (χ1) is 9.60. The Hall–Kier alpha value is -1.33. The van der Waals surface area contributed by atoms with Crippen LogP contribution in [0.2, 0.25) is 0 Å². The summed E-state index contributed by atoms with van der Waals surface area (Å²) in [6.07, 6.45) is 2.22. The Bertz CT molecular complexity index is 444. The third kappa shape index (κ3) is 3.84. The van der Waals surface area contributed by atoms with Crippen molar-refractivity contribution in [3.05, 3.63) is 23.7 Å². The van der Waals surface area contributed by atoms with E-state index < -0.39 is 0 Å². The molecule has 1 aliphatic rings. The van der Waals surface area contributed by atoms with Gasteiger partial charge >= 0.3 is 5.97 Å². The second kappa shape index (κ2) is 6.90. The first-order valence-corrected chi connectivity index (χ1v) is 7.16. The molecule has 0 radical (unpaired) electrons. The summed E-state index contributed by atoms with van der Waals surface area (Å²) in [6, 6.07) is 2.47. The standard InChI is InChI=1S/C15H24N2O3/c1-12-5-9-20-14(12)11-17-8-7-16(10-13(17)2)6-4-15(18)19-3/h5,9,13H,4,6-8,10-11H2,1-3H3/t13-/m1/s1. The van der Waals surface area contributed by atoms with E-state index in [-0.39, 0.29) is 5.97 Å². The van der Waals surface area contributed by atoms with Crippen molar-refractivity contribution < 1.29 is 13.9 Å². The molecular weight excluding hydrogens is 256 g/mol. The van der Waals surface area contributed by atoms with Gasteiger partial charge in [0.15, 0.2) is 0 Å². The highest BCUT2D eigenvalue weighted by atomic mass is 16.5. The molecule has 0 unspecified atom stereocenters. The van der Waals surface area contributed by atoms with Crippen molar-refractivity contribution in [3.8, 4) is 0 Å². The molecule has 1 aromatic rings. The van der Waals surface area contributed by atoms with Crippen molar-refractivity contribution in [3.63, 3.8) is 0 Å². The van der Waals surface area contributed by atoms with E-state index in [1.54, 1.807) is 6.26 Å². The quantitative estimate of drug-likeness (QED) is 0.768. The van der Waals surface area contributed by atoms with Crippen LogP contribution in [0.15, 0.2) is 16.7 Å². The molecule has 5 nitrogen and oxygen atoms in total. The second-order valence-electron chi connectivity index (χ2n) is 5.47. The largest absolute Gasteiger partial charge is 0.469 e. The van der Waals surface area contributed by atoms with E-state index in [0.717, 1.165) is 38.5 Å². The summed E-state index contributed by atoms with van der Waals surface area (Å²) in [5.41, 5.74) is 1.21. The Morgan fingerprint density at radius 2 is 2.30 bits per heavy atom. The van der Waals surface area contributed by atoms with Gasteiger partial charge in [-0.3, -0.25) is 14.6 Å². The van der Waals surface area contributed by atoms with Gasteiger partial charge in [-0.05, 0) is 25.5 Å². The molecule has 0 N–H and O–H groups in total. The van der Waals surface area contributed by atoms with Crippen LogP contribution in [0.1, 0.15) is 24.7 Å².